The molecule has 1 heteroatoms. The number of hydrogen-bond donors (Lipinski definition) is 1. The Balaban J connectivity index is 1.85. The summed E-state index contributed by atoms with van der Waals surface area (Å²) in [4.78, 5) is 0. The first-order valence-electron chi connectivity index (χ1n) is 7.85. The third-order valence-corrected chi connectivity index (χ3v) is 5.11. The maximum Gasteiger partial charge on any atom is 0.00929 e. The van der Waals surface area contributed by atoms with Gasteiger partial charge in [-0.2, -0.15) is 0 Å². The molecule has 2 aliphatic rings. The Labute approximate surface area is 108 Å². The minimum atomic E-state index is 0.649. The van der Waals surface area contributed by atoms with Gasteiger partial charge in [0.2, 0.25) is 0 Å². The van der Waals surface area contributed by atoms with E-state index in [0.717, 1.165) is 17.9 Å². The van der Waals surface area contributed by atoms with Crippen LogP contribution in [0.25, 0.3) is 0 Å². The molecule has 2 unspecified atom stereocenters. The van der Waals surface area contributed by atoms with E-state index in [2.05, 4.69) is 26.1 Å². The van der Waals surface area contributed by atoms with Gasteiger partial charge in [-0.15, -0.1) is 0 Å². The molecular weight excluding hydrogens is 206 g/mol. The zero-order chi connectivity index (χ0) is 12.3. The highest BCUT2D eigenvalue weighted by atomic mass is 14.9. The van der Waals surface area contributed by atoms with Gasteiger partial charge < -0.3 is 5.32 Å². The fourth-order valence-electron chi connectivity index (χ4n) is 4.24. The topological polar surface area (TPSA) is 12.0 Å². The molecule has 0 radical (unpaired) electrons. The van der Waals surface area contributed by atoms with Crippen LogP contribution in [0.1, 0.15) is 72.1 Å². The zero-order valence-corrected chi connectivity index (χ0v) is 12.1. The zero-order valence-electron chi connectivity index (χ0n) is 12.1. The summed E-state index contributed by atoms with van der Waals surface area (Å²) >= 11 is 0. The quantitative estimate of drug-likeness (QED) is 0.748. The Kier molecular flexibility index (Phi) is 4.52. The molecule has 2 atom stereocenters. The molecule has 0 amide bonds. The molecule has 0 bridgehead atoms. The summed E-state index contributed by atoms with van der Waals surface area (Å²) < 4.78 is 0. The molecule has 2 fully saturated rings. The molecule has 0 saturated heterocycles. The van der Waals surface area contributed by atoms with E-state index in [0.29, 0.717) is 5.41 Å². The van der Waals surface area contributed by atoms with Crippen molar-refractivity contribution < 1.29 is 0 Å². The predicted octanol–water partition coefficient (Wildman–Crippen LogP) is 4.37. The van der Waals surface area contributed by atoms with E-state index < -0.39 is 0 Å². The van der Waals surface area contributed by atoms with Crippen molar-refractivity contribution in [2.24, 2.45) is 17.3 Å². The lowest BCUT2D eigenvalue weighted by atomic mass is 9.78. The highest BCUT2D eigenvalue weighted by molar-refractivity contribution is 4.90. The average molecular weight is 237 g/mol. The van der Waals surface area contributed by atoms with Gasteiger partial charge >= 0.3 is 0 Å². The Hall–Kier alpha value is -0.0400. The highest BCUT2D eigenvalue weighted by Crippen LogP contribution is 2.43. The minimum Gasteiger partial charge on any atom is -0.313 e. The van der Waals surface area contributed by atoms with Gasteiger partial charge in [-0.25, -0.2) is 0 Å². The van der Waals surface area contributed by atoms with Crippen molar-refractivity contribution in [2.45, 2.75) is 78.2 Å². The van der Waals surface area contributed by atoms with Crippen LogP contribution in [0.15, 0.2) is 0 Å². The fourth-order valence-corrected chi connectivity index (χ4v) is 4.24. The summed E-state index contributed by atoms with van der Waals surface area (Å²) in [5.41, 5.74) is 0.649. The Bertz CT molecular complexity index is 228. The van der Waals surface area contributed by atoms with Gasteiger partial charge in [0.25, 0.3) is 0 Å². The maximum absolute atomic E-state index is 3.92. The second-order valence-electron chi connectivity index (χ2n) is 7.20. The standard InChI is InChI=1S/C16H31N/c1-13(2)11-16(9-4-5-10-16)12-17-15-8-6-7-14(15)3/h13-15,17H,4-12H2,1-3H3. The van der Waals surface area contributed by atoms with Crippen LogP contribution in [0.4, 0.5) is 0 Å². The smallest absolute Gasteiger partial charge is 0.00929 e. The summed E-state index contributed by atoms with van der Waals surface area (Å²) in [5, 5.41) is 3.92. The lowest BCUT2D eigenvalue weighted by Crippen LogP contribution is -2.40. The Morgan fingerprint density at radius 1 is 1.12 bits per heavy atom. The monoisotopic (exact) mass is 237 g/mol. The van der Waals surface area contributed by atoms with Crippen LogP contribution in [0, 0.1) is 17.3 Å². The fraction of sp³-hybridized carbons (Fsp3) is 1.00. The average Bonchev–Trinajstić information content (AvgIpc) is 2.85. The molecule has 2 saturated carbocycles. The highest BCUT2D eigenvalue weighted by Gasteiger charge is 2.35. The van der Waals surface area contributed by atoms with Crippen molar-refractivity contribution in [3.05, 3.63) is 0 Å². The minimum absolute atomic E-state index is 0.649. The van der Waals surface area contributed by atoms with Crippen LogP contribution in [0.5, 0.6) is 0 Å². The van der Waals surface area contributed by atoms with Crippen molar-refractivity contribution in [1.82, 2.24) is 5.32 Å². The molecule has 2 rings (SSSR count). The summed E-state index contributed by atoms with van der Waals surface area (Å²) in [7, 11) is 0. The molecule has 1 nitrogen and oxygen atoms in total. The molecule has 17 heavy (non-hydrogen) atoms. The molecule has 0 spiro atoms. The number of rotatable bonds is 5. The Morgan fingerprint density at radius 3 is 2.35 bits per heavy atom. The second-order valence-corrected chi connectivity index (χ2v) is 7.20. The van der Waals surface area contributed by atoms with Gasteiger partial charge in [0.15, 0.2) is 0 Å². The lowest BCUT2D eigenvalue weighted by Gasteiger charge is -2.33. The van der Waals surface area contributed by atoms with Gasteiger partial charge in [0, 0.05) is 12.6 Å². The van der Waals surface area contributed by atoms with E-state index in [1.165, 1.54) is 57.9 Å². The van der Waals surface area contributed by atoms with Crippen molar-refractivity contribution in [3.8, 4) is 0 Å². The molecular formula is C16H31N. The van der Waals surface area contributed by atoms with Crippen molar-refractivity contribution >= 4 is 0 Å². The van der Waals surface area contributed by atoms with Crippen LogP contribution in [-0.4, -0.2) is 12.6 Å². The van der Waals surface area contributed by atoms with Crippen LogP contribution in [0.2, 0.25) is 0 Å². The first-order valence-corrected chi connectivity index (χ1v) is 7.85. The first-order chi connectivity index (χ1) is 8.11. The van der Waals surface area contributed by atoms with Gasteiger partial charge in [0.05, 0.1) is 0 Å². The van der Waals surface area contributed by atoms with E-state index in [4.69, 9.17) is 0 Å². The molecule has 1 N–H and O–H groups in total. The van der Waals surface area contributed by atoms with Gasteiger partial charge in [-0.1, -0.05) is 40.0 Å². The molecule has 0 aromatic rings. The predicted molar refractivity (Wildman–Crippen MR) is 75.2 cm³/mol. The van der Waals surface area contributed by atoms with E-state index in [1.54, 1.807) is 0 Å². The van der Waals surface area contributed by atoms with Gasteiger partial charge in [-0.05, 0) is 49.4 Å². The van der Waals surface area contributed by atoms with Gasteiger partial charge in [0.1, 0.15) is 0 Å². The first kappa shape index (κ1) is 13.4. The molecule has 0 heterocycles. The van der Waals surface area contributed by atoms with Crippen molar-refractivity contribution in [3.63, 3.8) is 0 Å². The van der Waals surface area contributed by atoms with E-state index in [-0.39, 0.29) is 0 Å². The molecule has 0 aromatic carbocycles. The van der Waals surface area contributed by atoms with Crippen LogP contribution < -0.4 is 5.32 Å². The second kappa shape index (κ2) is 5.73. The van der Waals surface area contributed by atoms with E-state index in [9.17, 15) is 0 Å². The van der Waals surface area contributed by atoms with Crippen molar-refractivity contribution in [2.75, 3.05) is 6.54 Å². The third kappa shape index (κ3) is 3.47. The lowest BCUT2D eigenvalue weighted by molar-refractivity contribution is 0.209. The SMILES string of the molecule is CC(C)CC1(CNC2CCCC2C)CCCC1. The number of nitrogens with one attached hydrogen (secondary N) is 1. The maximum atomic E-state index is 3.92. The third-order valence-electron chi connectivity index (χ3n) is 5.11. The van der Waals surface area contributed by atoms with Crippen LogP contribution >= 0.6 is 0 Å². The summed E-state index contributed by atoms with van der Waals surface area (Å²) in [6.45, 7) is 8.49. The molecule has 0 aromatic heterocycles. The van der Waals surface area contributed by atoms with Crippen LogP contribution in [0.3, 0.4) is 0 Å². The molecule has 0 aliphatic heterocycles. The van der Waals surface area contributed by atoms with Crippen LogP contribution in [-0.2, 0) is 0 Å². The summed E-state index contributed by atoms with van der Waals surface area (Å²) in [6, 6.07) is 0.819. The van der Waals surface area contributed by atoms with E-state index in [1.807, 2.05) is 0 Å². The number of hydrogen-bond acceptors (Lipinski definition) is 1. The molecule has 100 valence electrons. The van der Waals surface area contributed by atoms with E-state index >= 15 is 0 Å². The summed E-state index contributed by atoms with van der Waals surface area (Å²) in [6.07, 6.45) is 11.6. The van der Waals surface area contributed by atoms with Crippen molar-refractivity contribution in [1.29, 1.82) is 0 Å². The van der Waals surface area contributed by atoms with Gasteiger partial charge in [-0.3, -0.25) is 0 Å². The summed E-state index contributed by atoms with van der Waals surface area (Å²) in [5.74, 6) is 1.77. The Morgan fingerprint density at radius 2 is 1.82 bits per heavy atom. The molecule has 2 aliphatic carbocycles. The normalized spacial score (nSPS) is 32.5. The largest absolute Gasteiger partial charge is 0.313 e.